The minimum atomic E-state index is -0.231. The molecule has 2 N–H and O–H groups in total. The normalized spacial score (nSPS) is 13.6. The highest BCUT2D eigenvalue weighted by atomic mass is 32.1. The molecule has 0 bridgehead atoms. The molecule has 0 spiro atoms. The summed E-state index contributed by atoms with van der Waals surface area (Å²) in [5.41, 5.74) is 1.87. The van der Waals surface area contributed by atoms with E-state index >= 15 is 0 Å². The van der Waals surface area contributed by atoms with E-state index in [1.807, 2.05) is 37.3 Å². The van der Waals surface area contributed by atoms with Gasteiger partial charge in [-0.2, -0.15) is 0 Å². The van der Waals surface area contributed by atoms with Crippen molar-refractivity contribution in [2.75, 3.05) is 6.54 Å². The van der Waals surface area contributed by atoms with Crippen LogP contribution >= 0.6 is 11.3 Å². The second kappa shape index (κ2) is 6.91. The molecule has 5 nitrogen and oxygen atoms in total. The molecule has 1 heterocycles. The molecule has 23 heavy (non-hydrogen) atoms. The smallest absolute Gasteiger partial charge is 0.263 e. The van der Waals surface area contributed by atoms with Crippen LogP contribution in [-0.4, -0.2) is 29.4 Å². The van der Waals surface area contributed by atoms with Gasteiger partial charge in [0.15, 0.2) is 0 Å². The first-order valence-electron chi connectivity index (χ1n) is 7.69. The maximum atomic E-state index is 12.2. The van der Waals surface area contributed by atoms with Crippen LogP contribution in [0.2, 0.25) is 0 Å². The van der Waals surface area contributed by atoms with Gasteiger partial charge < -0.3 is 10.6 Å². The number of rotatable bonds is 6. The molecule has 1 fully saturated rings. The molecule has 0 aliphatic heterocycles. The van der Waals surface area contributed by atoms with Crippen molar-refractivity contribution in [3.8, 4) is 0 Å². The quantitative estimate of drug-likeness (QED) is 0.852. The number of hydrogen-bond donors (Lipinski definition) is 2. The van der Waals surface area contributed by atoms with Crippen LogP contribution in [0, 0.1) is 6.92 Å². The van der Waals surface area contributed by atoms with Crippen LogP contribution < -0.4 is 10.6 Å². The van der Waals surface area contributed by atoms with Gasteiger partial charge in [-0.1, -0.05) is 30.3 Å². The largest absolute Gasteiger partial charge is 0.352 e. The number of carbonyl (C=O) groups is 2. The molecule has 1 aliphatic rings. The average molecular weight is 329 g/mol. The van der Waals surface area contributed by atoms with E-state index in [-0.39, 0.29) is 18.4 Å². The lowest BCUT2D eigenvalue weighted by Crippen LogP contribution is -2.37. The Balaban J connectivity index is 1.58. The topological polar surface area (TPSA) is 71.1 Å². The van der Waals surface area contributed by atoms with Gasteiger partial charge in [0.1, 0.15) is 4.88 Å². The Morgan fingerprint density at radius 2 is 2.00 bits per heavy atom. The fourth-order valence-corrected chi connectivity index (χ4v) is 3.27. The maximum Gasteiger partial charge on any atom is 0.263 e. The highest BCUT2D eigenvalue weighted by molar-refractivity contribution is 7.13. The number of nitrogens with zero attached hydrogens (tertiary/aromatic N) is 1. The summed E-state index contributed by atoms with van der Waals surface area (Å²) in [5.74, 6) is -0.363. The van der Waals surface area contributed by atoms with Gasteiger partial charge in [0.25, 0.3) is 5.91 Å². The number of thiazole rings is 1. The van der Waals surface area contributed by atoms with Gasteiger partial charge in [-0.25, -0.2) is 4.98 Å². The fourth-order valence-electron chi connectivity index (χ4n) is 2.26. The zero-order valence-electron chi connectivity index (χ0n) is 13.0. The lowest BCUT2D eigenvalue weighted by Gasteiger charge is -2.04. The van der Waals surface area contributed by atoms with E-state index in [9.17, 15) is 9.59 Å². The zero-order chi connectivity index (χ0) is 16.2. The van der Waals surface area contributed by atoms with Crippen molar-refractivity contribution >= 4 is 23.2 Å². The molecule has 2 amide bonds. The summed E-state index contributed by atoms with van der Waals surface area (Å²) in [6, 6.07) is 10.3. The van der Waals surface area contributed by atoms with Crippen LogP contribution in [0.25, 0.3) is 0 Å². The molecular formula is C17H19N3O2S. The number of aromatic nitrogens is 1. The van der Waals surface area contributed by atoms with Crippen LogP contribution in [0.4, 0.5) is 0 Å². The van der Waals surface area contributed by atoms with E-state index in [0.29, 0.717) is 23.0 Å². The summed E-state index contributed by atoms with van der Waals surface area (Å²) in [4.78, 5) is 28.9. The van der Waals surface area contributed by atoms with Gasteiger partial charge in [0.05, 0.1) is 17.2 Å². The van der Waals surface area contributed by atoms with E-state index < -0.39 is 0 Å². The summed E-state index contributed by atoms with van der Waals surface area (Å²) in [5, 5.41) is 6.42. The van der Waals surface area contributed by atoms with Crippen LogP contribution in [-0.2, 0) is 11.2 Å². The maximum absolute atomic E-state index is 12.2. The van der Waals surface area contributed by atoms with Crippen molar-refractivity contribution in [2.24, 2.45) is 0 Å². The molecule has 3 rings (SSSR count). The first-order valence-corrected chi connectivity index (χ1v) is 8.51. The van der Waals surface area contributed by atoms with Gasteiger partial charge >= 0.3 is 0 Å². The number of aryl methyl sites for hydroxylation is 1. The monoisotopic (exact) mass is 329 g/mol. The molecular weight excluding hydrogens is 310 g/mol. The lowest BCUT2D eigenvalue weighted by molar-refractivity contribution is -0.120. The Kier molecular flexibility index (Phi) is 4.71. The second-order valence-electron chi connectivity index (χ2n) is 5.71. The number of benzene rings is 1. The Hall–Kier alpha value is -2.21. The van der Waals surface area contributed by atoms with E-state index in [1.54, 1.807) is 0 Å². The van der Waals surface area contributed by atoms with Crippen molar-refractivity contribution < 1.29 is 9.59 Å². The third-order valence-corrected chi connectivity index (χ3v) is 4.75. The average Bonchev–Trinajstić information content (AvgIpc) is 3.27. The SMILES string of the molecule is Cc1nc(Cc2ccccc2)sc1C(=O)NCC(=O)NC1CC1. The minimum Gasteiger partial charge on any atom is -0.352 e. The third-order valence-electron chi connectivity index (χ3n) is 3.60. The van der Waals surface area contributed by atoms with Crippen LogP contribution in [0.1, 0.15) is 38.8 Å². The molecule has 0 radical (unpaired) electrons. The predicted molar refractivity (Wildman–Crippen MR) is 89.6 cm³/mol. The Labute approximate surface area is 139 Å². The Morgan fingerprint density at radius 1 is 1.26 bits per heavy atom. The van der Waals surface area contributed by atoms with E-state index in [1.165, 1.54) is 11.3 Å². The molecule has 1 aromatic carbocycles. The number of nitrogens with one attached hydrogen (secondary N) is 2. The highest BCUT2D eigenvalue weighted by Crippen LogP contribution is 2.21. The van der Waals surface area contributed by atoms with Crippen LogP contribution in [0.5, 0.6) is 0 Å². The van der Waals surface area contributed by atoms with Crippen LogP contribution in [0.15, 0.2) is 30.3 Å². The third kappa shape index (κ3) is 4.39. The molecule has 1 aromatic heterocycles. The van der Waals surface area contributed by atoms with E-state index in [4.69, 9.17) is 0 Å². The van der Waals surface area contributed by atoms with Crippen molar-refractivity contribution in [1.29, 1.82) is 0 Å². The molecule has 1 saturated carbocycles. The van der Waals surface area contributed by atoms with E-state index in [0.717, 1.165) is 23.4 Å². The van der Waals surface area contributed by atoms with Crippen molar-refractivity contribution in [1.82, 2.24) is 15.6 Å². The molecule has 0 unspecified atom stereocenters. The number of amides is 2. The number of hydrogen-bond acceptors (Lipinski definition) is 4. The first-order chi connectivity index (χ1) is 11.1. The summed E-state index contributed by atoms with van der Waals surface area (Å²) in [6.45, 7) is 1.84. The minimum absolute atomic E-state index is 0.0146. The Bertz CT molecular complexity index is 708. The summed E-state index contributed by atoms with van der Waals surface area (Å²) in [6.07, 6.45) is 2.79. The van der Waals surface area contributed by atoms with Gasteiger partial charge in [-0.05, 0) is 25.3 Å². The van der Waals surface area contributed by atoms with Gasteiger partial charge in [0, 0.05) is 12.5 Å². The summed E-state index contributed by atoms with van der Waals surface area (Å²) in [7, 11) is 0. The van der Waals surface area contributed by atoms with Crippen molar-refractivity contribution in [3.63, 3.8) is 0 Å². The molecule has 120 valence electrons. The molecule has 1 aliphatic carbocycles. The van der Waals surface area contributed by atoms with E-state index in [2.05, 4.69) is 15.6 Å². The first kappa shape index (κ1) is 15.7. The molecule has 6 heteroatoms. The second-order valence-corrected chi connectivity index (χ2v) is 6.79. The van der Waals surface area contributed by atoms with Gasteiger partial charge in [-0.15, -0.1) is 11.3 Å². The van der Waals surface area contributed by atoms with Crippen LogP contribution in [0.3, 0.4) is 0 Å². The number of carbonyl (C=O) groups excluding carboxylic acids is 2. The Morgan fingerprint density at radius 3 is 2.70 bits per heavy atom. The summed E-state index contributed by atoms with van der Waals surface area (Å²) < 4.78 is 0. The molecule has 0 saturated heterocycles. The molecule has 2 aromatic rings. The summed E-state index contributed by atoms with van der Waals surface area (Å²) >= 11 is 1.39. The zero-order valence-corrected chi connectivity index (χ0v) is 13.8. The fraction of sp³-hybridized carbons (Fsp3) is 0.353. The molecule has 0 atom stereocenters. The lowest BCUT2D eigenvalue weighted by atomic mass is 10.2. The van der Waals surface area contributed by atoms with Gasteiger partial charge in [-0.3, -0.25) is 9.59 Å². The van der Waals surface area contributed by atoms with Gasteiger partial charge in [0.2, 0.25) is 5.91 Å². The predicted octanol–water partition coefficient (Wildman–Crippen LogP) is 2.05. The highest BCUT2D eigenvalue weighted by Gasteiger charge is 2.23. The van der Waals surface area contributed by atoms with Crippen molar-refractivity contribution in [3.05, 3.63) is 51.5 Å². The standard InChI is InChI=1S/C17H19N3O2S/c1-11-16(17(22)18-10-14(21)20-13-7-8-13)23-15(19-11)9-12-5-3-2-4-6-12/h2-6,13H,7-10H2,1H3,(H,18,22)(H,20,21). The van der Waals surface area contributed by atoms with Crippen molar-refractivity contribution in [2.45, 2.75) is 32.2 Å².